The average molecular weight is 393 g/mol. The van der Waals surface area contributed by atoms with Gasteiger partial charge in [0, 0.05) is 26.1 Å². The van der Waals surface area contributed by atoms with Gasteiger partial charge in [0.2, 0.25) is 5.91 Å². The molecule has 1 saturated heterocycles. The number of benzene rings is 2. The molecule has 3 aromatic rings. The van der Waals surface area contributed by atoms with Gasteiger partial charge >= 0.3 is 5.76 Å². The number of rotatable bonds is 6. The van der Waals surface area contributed by atoms with E-state index in [0.29, 0.717) is 25.0 Å². The molecule has 6 heteroatoms. The van der Waals surface area contributed by atoms with E-state index in [1.54, 1.807) is 10.6 Å². The number of hydrogen-bond donors (Lipinski definition) is 1. The minimum Gasteiger partial charge on any atom is -0.408 e. The maximum atomic E-state index is 12.6. The molecule has 2 aromatic carbocycles. The fraction of sp³-hybridized carbons (Fsp3) is 0.391. The fourth-order valence-electron chi connectivity index (χ4n) is 4.00. The molecule has 0 atom stereocenters. The van der Waals surface area contributed by atoms with Gasteiger partial charge in [0.25, 0.3) is 0 Å². The lowest BCUT2D eigenvalue weighted by Crippen LogP contribution is -2.25. The van der Waals surface area contributed by atoms with Crippen LogP contribution in [0.25, 0.3) is 11.1 Å². The first-order valence-electron chi connectivity index (χ1n) is 10.4. The number of amides is 1. The number of nitrogens with one attached hydrogen (secondary N) is 1. The van der Waals surface area contributed by atoms with E-state index >= 15 is 0 Å². The Bertz CT molecular complexity index is 1030. The number of hydrogen-bond acceptors (Lipinski definition) is 4. The average Bonchev–Trinajstić information content (AvgIpc) is 2.89. The minimum absolute atomic E-state index is 0.0341. The fourth-order valence-corrected chi connectivity index (χ4v) is 4.00. The second-order valence-electron chi connectivity index (χ2n) is 7.56. The van der Waals surface area contributed by atoms with E-state index in [9.17, 15) is 9.59 Å². The highest BCUT2D eigenvalue weighted by Crippen LogP contribution is 2.28. The van der Waals surface area contributed by atoms with Gasteiger partial charge in [0.1, 0.15) is 0 Å². The lowest BCUT2D eigenvalue weighted by molar-refractivity contribution is -0.116. The summed E-state index contributed by atoms with van der Waals surface area (Å²) in [6.45, 7) is 2.52. The van der Waals surface area contributed by atoms with Crippen LogP contribution in [0.5, 0.6) is 0 Å². The zero-order chi connectivity index (χ0) is 20.1. The number of carbonyl (C=O) groups is 1. The monoisotopic (exact) mass is 393 g/mol. The van der Waals surface area contributed by atoms with E-state index in [2.05, 4.69) is 16.3 Å². The largest absolute Gasteiger partial charge is 0.419 e. The second-order valence-corrected chi connectivity index (χ2v) is 7.56. The van der Waals surface area contributed by atoms with Crippen LogP contribution < -0.4 is 16.0 Å². The molecule has 2 heterocycles. The van der Waals surface area contributed by atoms with Gasteiger partial charge in [0.05, 0.1) is 16.9 Å². The lowest BCUT2D eigenvalue weighted by atomic mass is 10.2. The molecule has 0 spiro atoms. The van der Waals surface area contributed by atoms with E-state index in [0.717, 1.165) is 30.0 Å². The molecule has 0 unspecified atom stereocenters. The van der Waals surface area contributed by atoms with Crippen LogP contribution in [0.4, 0.5) is 11.4 Å². The Morgan fingerprint density at radius 1 is 0.966 bits per heavy atom. The standard InChI is InChI=1S/C23H27N3O3/c27-22(14-9-17-26-20-12-5-6-13-21(20)29-23(26)28)24-18-10-3-4-11-19(18)25-15-7-1-2-8-16-25/h3-6,10-13H,1-2,7-9,14-17H2,(H,24,27). The molecule has 0 aliphatic carbocycles. The normalized spacial score (nSPS) is 14.7. The maximum Gasteiger partial charge on any atom is 0.419 e. The molecule has 1 fully saturated rings. The Labute approximate surface area is 170 Å². The Morgan fingerprint density at radius 3 is 2.52 bits per heavy atom. The van der Waals surface area contributed by atoms with Gasteiger partial charge in [-0.05, 0) is 43.5 Å². The van der Waals surface area contributed by atoms with Crippen molar-refractivity contribution in [3.63, 3.8) is 0 Å². The van der Waals surface area contributed by atoms with Crippen LogP contribution in [0, 0.1) is 0 Å². The van der Waals surface area contributed by atoms with Gasteiger partial charge in [-0.1, -0.05) is 37.1 Å². The third-order valence-electron chi connectivity index (χ3n) is 5.48. The zero-order valence-corrected chi connectivity index (χ0v) is 16.6. The Morgan fingerprint density at radius 2 is 1.69 bits per heavy atom. The zero-order valence-electron chi connectivity index (χ0n) is 16.6. The Kier molecular flexibility index (Phi) is 5.98. The van der Waals surface area contributed by atoms with Gasteiger partial charge in [-0.15, -0.1) is 0 Å². The van der Waals surface area contributed by atoms with Crippen LogP contribution in [-0.4, -0.2) is 23.6 Å². The number of aryl methyl sites for hydroxylation is 1. The molecule has 0 radical (unpaired) electrons. The predicted molar refractivity (Wildman–Crippen MR) is 115 cm³/mol. The van der Waals surface area contributed by atoms with E-state index in [1.807, 2.05) is 36.4 Å². The van der Waals surface area contributed by atoms with Crippen LogP contribution >= 0.6 is 0 Å². The first-order chi connectivity index (χ1) is 14.2. The first-order valence-corrected chi connectivity index (χ1v) is 10.4. The SMILES string of the molecule is O=C(CCCn1c(=O)oc2ccccc21)Nc1ccccc1N1CCCCCC1. The number of anilines is 2. The summed E-state index contributed by atoms with van der Waals surface area (Å²) in [5.74, 6) is -0.411. The molecular weight excluding hydrogens is 366 g/mol. The highest BCUT2D eigenvalue weighted by molar-refractivity contribution is 5.94. The van der Waals surface area contributed by atoms with Crippen molar-refractivity contribution in [1.82, 2.24) is 4.57 Å². The quantitative estimate of drug-likeness (QED) is 0.674. The Hall–Kier alpha value is -3.02. The second kappa shape index (κ2) is 8.99. The van der Waals surface area contributed by atoms with Crippen LogP contribution in [0.2, 0.25) is 0 Å². The third kappa shape index (κ3) is 4.53. The highest BCUT2D eigenvalue weighted by atomic mass is 16.4. The molecule has 0 bridgehead atoms. The predicted octanol–water partition coefficient (Wildman–Crippen LogP) is 4.39. The van der Waals surface area contributed by atoms with Crippen molar-refractivity contribution < 1.29 is 9.21 Å². The smallest absolute Gasteiger partial charge is 0.408 e. The summed E-state index contributed by atoms with van der Waals surface area (Å²) in [4.78, 5) is 27.0. The highest BCUT2D eigenvalue weighted by Gasteiger charge is 2.15. The van der Waals surface area contributed by atoms with E-state index in [4.69, 9.17) is 4.42 Å². The molecule has 152 valence electrons. The van der Waals surface area contributed by atoms with Gasteiger partial charge in [-0.25, -0.2) is 4.79 Å². The molecule has 1 aliphatic rings. The molecule has 1 amide bonds. The van der Waals surface area contributed by atoms with Gasteiger partial charge in [-0.2, -0.15) is 0 Å². The number of carbonyl (C=O) groups excluding carboxylic acids is 1. The molecule has 4 rings (SSSR count). The van der Waals surface area contributed by atoms with Crippen molar-refractivity contribution in [2.45, 2.75) is 45.1 Å². The Balaban J connectivity index is 1.38. The van der Waals surface area contributed by atoms with E-state index in [1.165, 1.54) is 25.7 Å². The van der Waals surface area contributed by atoms with Gasteiger partial charge in [0.15, 0.2) is 5.58 Å². The minimum atomic E-state index is -0.377. The van der Waals surface area contributed by atoms with Crippen molar-refractivity contribution in [2.75, 3.05) is 23.3 Å². The van der Waals surface area contributed by atoms with Crippen LogP contribution in [0.15, 0.2) is 57.7 Å². The molecule has 1 aromatic heterocycles. The maximum absolute atomic E-state index is 12.6. The summed E-state index contributed by atoms with van der Waals surface area (Å²) >= 11 is 0. The number of oxazole rings is 1. The summed E-state index contributed by atoms with van der Waals surface area (Å²) in [6, 6.07) is 15.4. The van der Waals surface area contributed by atoms with Gasteiger partial charge in [-0.3, -0.25) is 9.36 Å². The summed E-state index contributed by atoms with van der Waals surface area (Å²) in [6.07, 6.45) is 5.84. The summed E-state index contributed by atoms with van der Waals surface area (Å²) in [7, 11) is 0. The number of aromatic nitrogens is 1. The number of nitrogens with zero attached hydrogens (tertiary/aromatic N) is 2. The molecular formula is C23H27N3O3. The lowest BCUT2D eigenvalue weighted by Gasteiger charge is -2.25. The summed E-state index contributed by atoms with van der Waals surface area (Å²) in [5.41, 5.74) is 3.31. The molecule has 29 heavy (non-hydrogen) atoms. The van der Waals surface area contributed by atoms with Crippen molar-refractivity contribution in [2.24, 2.45) is 0 Å². The van der Waals surface area contributed by atoms with Crippen molar-refractivity contribution in [3.05, 3.63) is 59.1 Å². The summed E-state index contributed by atoms with van der Waals surface area (Å²) in [5, 5.41) is 3.07. The van der Waals surface area contributed by atoms with Crippen molar-refractivity contribution in [3.8, 4) is 0 Å². The number of para-hydroxylation sites is 4. The van der Waals surface area contributed by atoms with Crippen molar-refractivity contribution in [1.29, 1.82) is 0 Å². The molecule has 6 nitrogen and oxygen atoms in total. The molecule has 1 aliphatic heterocycles. The van der Waals surface area contributed by atoms with Crippen LogP contribution in [0.3, 0.4) is 0 Å². The van der Waals surface area contributed by atoms with E-state index < -0.39 is 0 Å². The van der Waals surface area contributed by atoms with Crippen molar-refractivity contribution >= 4 is 28.4 Å². The van der Waals surface area contributed by atoms with Gasteiger partial charge < -0.3 is 14.6 Å². The van der Waals surface area contributed by atoms with E-state index in [-0.39, 0.29) is 11.7 Å². The summed E-state index contributed by atoms with van der Waals surface area (Å²) < 4.78 is 6.84. The molecule has 1 N–H and O–H groups in total. The van der Waals surface area contributed by atoms with Crippen LogP contribution in [-0.2, 0) is 11.3 Å². The van der Waals surface area contributed by atoms with Crippen LogP contribution in [0.1, 0.15) is 38.5 Å². The molecule has 0 saturated carbocycles. The first kappa shape index (κ1) is 19.3. The topological polar surface area (TPSA) is 67.5 Å². The third-order valence-corrected chi connectivity index (χ3v) is 5.48. The number of fused-ring (bicyclic) bond motifs is 1.